The van der Waals surface area contributed by atoms with Gasteiger partial charge in [0, 0.05) is 6.42 Å². The summed E-state index contributed by atoms with van der Waals surface area (Å²) in [6.07, 6.45) is 3.48. The molecular weight excluding hydrogens is 304 g/mol. The lowest BCUT2D eigenvalue weighted by molar-refractivity contribution is -0.470. The molecule has 24 heavy (non-hydrogen) atoms. The summed E-state index contributed by atoms with van der Waals surface area (Å²) in [6.45, 7) is 2.93. The van der Waals surface area contributed by atoms with Crippen LogP contribution in [0, 0.1) is 0 Å². The number of rotatable bonds is 12. The third-order valence-electron chi connectivity index (χ3n) is 3.53. The number of unbranched alkanes of at least 4 members (excludes halogenated alkanes) is 2. The van der Waals surface area contributed by atoms with E-state index in [1.165, 1.54) is 0 Å². The molecule has 0 heterocycles. The lowest BCUT2D eigenvalue weighted by atomic mass is 10.2. The summed E-state index contributed by atoms with van der Waals surface area (Å²) in [5.41, 5.74) is 2.10. The molecule has 2 aromatic carbocycles. The van der Waals surface area contributed by atoms with Crippen LogP contribution in [0.15, 0.2) is 60.7 Å². The maximum Gasteiger partial charge on any atom is 0.224 e. The van der Waals surface area contributed by atoms with E-state index in [0.29, 0.717) is 13.2 Å². The van der Waals surface area contributed by atoms with Crippen molar-refractivity contribution in [2.24, 2.45) is 0 Å². The molecule has 0 spiro atoms. The van der Waals surface area contributed by atoms with Crippen molar-refractivity contribution in [1.29, 1.82) is 0 Å². The summed E-state index contributed by atoms with van der Waals surface area (Å²) < 4.78 is 0. The summed E-state index contributed by atoms with van der Waals surface area (Å²) >= 11 is 0. The summed E-state index contributed by atoms with van der Waals surface area (Å²) in [7, 11) is 0. The van der Waals surface area contributed by atoms with Crippen LogP contribution < -0.4 is 0 Å². The molecule has 0 radical (unpaired) electrons. The fourth-order valence-electron chi connectivity index (χ4n) is 2.18. The fraction of sp³-hybridized carbons (Fsp3) is 0.400. The van der Waals surface area contributed by atoms with Crippen molar-refractivity contribution in [2.75, 3.05) is 0 Å². The van der Waals surface area contributed by atoms with Crippen molar-refractivity contribution in [2.45, 2.75) is 52.1 Å². The molecule has 0 aliphatic heterocycles. The quantitative estimate of drug-likeness (QED) is 0.232. The molecule has 0 saturated heterocycles. The summed E-state index contributed by atoms with van der Waals surface area (Å²) in [6, 6.07) is 19.8. The predicted molar refractivity (Wildman–Crippen MR) is 92.6 cm³/mol. The van der Waals surface area contributed by atoms with E-state index in [9.17, 15) is 0 Å². The third kappa shape index (κ3) is 7.70. The van der Waals surface area contributed by atoms with Gasteiger partial charge in [0.15, 0.2) is 0 Å². The average Bonchev–Trinajstić information content (AvgIpc) is 2.63. The molecule has 4 nitrogen and oxygen atoms in total. The van der Waals surface area contributed by atoms with E-state index < -0.39 is 6.29 Å². The van der Waals surface area contributed by atoms with Gasteiger partial charge < -0.3 is 0 Å². The Hall–Kier alpha value is -1.72. The lowest BCUT2D eigenvalue weighted by Gasteiger charge is -2.16. The Morgan fingerprint density at radius 1 is 0.708 bits per heavy atom. The first-order valence-electron chi connectivity index (χ1n) is 8.53. The largest absolute Gasteiger partial charge is 0.229 e. The maximum absolute atomic E-state index is 5.38. The van der Waals surface area contributed by atoms with Crippen LogP contribution in [0.25, 0.3) is 0 Å². The van der Waals surface area contributed by atoms with Crippen molar-refractivity contribution < 1.29 is 19.6 Å². The van der Waals surface area contributed by atoms with E-state index >= 15 is 0 Å². The molecule has 0 bridgehead atoms. The molecule has 0 N–H and O–H groups in total. The van der Waals surface area contributed by atoms with Gasteiger partial charge in [-0.05, 0) is 17.5 Å². The van der Waals surface area contributed by atoms with Gasteiger partial charge in [-0.2, -0.15) is 0 Å². The fourth-order valence-corrected chi connectivity index (χ4v) is 2.18. The van der Waals surface area contributed by atoms with Crippen LogP contribution in [0.3, 0.4) is 0 Å². The molecule has 0 atom stereocenters. The maximum atomic E-state index is 5.38. The lowest BCUT2D eigenvalue weighted by Crippen LogP contribution is -2.18. The van der Waals surface area contributed by atoms with Gasteiger partial charge >= 0.3 is 0 Å². The second-order valence-electron chi connectivity index (χ2n) is 5.61. The normalized spacial score (nSPS) is 11.1. The molecule has 130 valence electrons. The van der Waals surface area contributed by atoms with E-state index in [1.807, 2.05) is 60.7 Å². The first-order valence-corrected chi connectivity index (χ1v) is 8.53. The van der Waals surface area contributed by atoms with Crippen LogP contribution in [-0.4, -0.2) is 6.29 Å². The van der Waals surface area contributed by atoms with Crippen molar-refractivity contribution >= 4 is 0 Å². The second kappa shape index (κ2) is 11.8. The molecule has 0 amide bonds. The summed E-state index contributed by atoms with van der Waals surface area (Å²) in [5, 5.41) is 0. The highest BCUT2D eigenvalue weighted by molar-refractivity contribution is 5.13. The number of benzene rings is 2. The van der Waals surface area contributed by atoms with E-state index in [0.717, 1.165) is 36.8 Å². The minimum Gasteiger partial charge on any atom is -0.229 e. The topological polar surface area (TPSA) is 36.9 Å². The minimum atomic E-state index is -0.524. The Morgan fingerprint density at radius 2 is 1.21 bits per heavy atom. The Bertz CT molecular complexity index is 484. The van der Waals surface area contributed by atoms with Gasteiger partial charge in [0.05, 0.1) is 0 Å². The standard InChI is InChI=1S/C20H26O4/c1-2-3-6-15-20(23-21-16-18-11-7-4-8-12-18)24-22-17-19-13-9-5-10-14-19/h4-5,7-14,20H,2-3,6,15-17H2,1H3. The first kappa shape index (κ1) is 18.6. The predicted octanol–water partition coefficient (Wildman–Crippen LogP) is 5.19. The van der Waals surface area contributed by atoms with Crippen LogP contribution in [0.2, 0.25) is 0 Å². The van der Waals surface area contributed by atoms with Crippen LogP contribution in [0.4, 0.5) is 0 Å². The molecule has 0 aromatic heterocycles. The molecular formula is C20H26O4. The van der Waals surface area contributed by atoms with E-state index in [-0.39, 0.29) is 0 Å². The molecule has 0 aliphatic rings. The number of hydrogen-bond acceptors (Lipinski definition) is 4. The van der Waals surface area contributed by atoms with Crippen LogP contribution in [0.1, 0.15) is 43.7 Å². The van der Waals surface area contributed by atoms with E-state index in [4.69, 9.17) is 19.6 Å². The zero-order valence-electron chi connectivity index (χ0n) is 14.2. The van der Waals surface area contributed by atoms with Crippen LogP contribution in [-0.2, 0) is 32.8 Å². The zero-order chi connectivity index (χ0) is 16.9. The Morgan fingerprint density at radius 3 is 1.67 bits per heavy atom. The van der Waals surface area contributed by atoms with Gasteiger partial charge in [-0.25, -0.2) is 19.6 Å². The molecule has 0 fully saturated rings. The van der Waals surface area contributed by atoms with Gasteiger partial charge in [-0.3, -0.25) is 0 Å². The molecule has 0 aliphatic carbocycles. The van der Waals surface area contributed by atoms with Gasteiger partial charge in [0.1, 0.15) is 13.2 Å². The molecule has 0 saturated carbocycles. The van der Waals surface area contributed by atoms with Crippen LogP contribution >= 0.6 is 0 Å². The van der Waals surface area contributed by atoms with Crippen molar-refractivity contribution in [3.8, 4) is 0 Å². The highest BCUT2D eigenvalue weighted by atomic mass is 17.3. The highest BCUT2D eigenvalue weighted by Gasteiger charge is 2.12. The second-order valence-corrected chi connectivity index (χ2v) is 5.61. The van der Waals surface area contributed by atoms with Gasteiger partial charge in [0.2, 0.25) is 6.29 Å². The van der Waals surface area contributed by atoms with E-state index in [1.54, 1.807) is 0 Å². The third-order valence-corrected chi connectivity index (χ3v) is 3.53. The van der Waals surface area contributed by atoms with Gasteiger partial charge in [-0.1, -0.05) is 80.4 Å². The Kier molecular flexibility index (Phi) is 9.12. The van der Waals surface area contributed by atoms with Crippen LogP contribution in [0.5, 0.6) is 0 Å². The van der Waals surface area contributed by atoms with Crippen molar-refractivity contribution in [3.63, 3.8) is 0 Å². The Balaban J connectivity index is 1.71. The monoisotopic (exact) mass is 330 g/mol. The molecule has 0 unspecified atom stereocenters. The first-order chi connectivity index (χ1) is 11.9. The van der Waals surface area contributed by atoms with Crippen molar-refractivity contribution in [3.05, 3.63) is 71.8 Å². The molecule has 2 rings (SSSR count). The highest BCUT2D eigenvalue weighted by Crippen LogP contribution is 2.12. The minimum absolute atomic E-state index is 0.382. The smallest absolute Gasteiger partial charge is 0.224 e. The zero-order valence-corrected chi connectivity index (χ0v) is 14.2. The average molecular weight is 330 g/mol. The van der Waals surface area contributed by atoms with Gasteiger partial charge in [0.25, 0.3) is 0 Å². The SMILES string of the molecule is CCCCCC(OOCc1ccccc1)OOCc1ccccc1. The van der Waals surface area contributed by atoms with E-state index in [2.05, 4.69) is 6.92 Å². The van der Waals surface area contributed by atoms with Gasteiger partial charge in [-0.15, -0.1) is 0 Å². The Labute approximate surface area is 144 Å². The summed E-state index contributed by atoms with van der Waals surface area (Å²) in [4.78, 5) is 21.4. The van der Waals surface area contributed by atoms with Crippen molar-refractivity contribution in [1.82, 2.24) is 0 Å². The summed E-state index contributed by atoms with van der Waals surface area (Å²) in [5.74, 6) is 0. The molecule has 2 aromatic rings. The number of hydrogen-bond donors (Lipinski definition) is 0. The molecule has 4 heteroatoms.